The summed E-state index contributed by atoms with van der Waals surface area (Å²) in [5, 5.41) is 9.65. The van der Waals surface area contributed by atoms with Crippen molar-refractivity contribution in [3.63, 3.8) is 0 Å². The lowest BCUT2D eigenvalue weighted by molar-refractivity contribution is 0.0569. The molecule has 0 bridgehead atoms. The van der Waals surface area contributed by atoms with Gasteiger partial charge >= 0.3 is 0 Å². The maximum absolute atomic E-state index is 9.65. The maximum Gasteiger partial charge on any atom is 0.0598 e. The summed E-state index contributed by atoms with van der Waals surface area (Å²) in [6.45, 7) is 9.19. The van der Waals surface area contributed by atoms with Gasteiger partial charge in [-0.2, -0.15) is 0 Å². The van der Waals surface area contributed by atoms with Crippen molar-refractivity contribution in [3.05, 3.63) is 12.3 Å². The van der Waals surface area contributed by atoms with Crippen molar-refractivity contribution in [2.75, 3.05) is 6.54 Å². The van der Waals surface area contributed by atoms with E-state index in [2.05, 4.69) is 31.0 Å². The molecule has 2 heteroatoms. The first-order chi connectivity index (χ1) is 5.88. The van der Waals surface area contributed by atoms with Gasteiger partial charge < -0.3 is 10.0 Å². The molecule has 0 aromatic carbocycles. The molecule has 0 fully saturated rings. The van der Waals surface area contributed by atoms with Crippen molar-refractivity contribution in [1.29, 1.82) is 0 Å². The molecule has 1 unspecified atom stereocenters. The fourth-order valence-corrected chi connectivity index (χ4v) is 1.78. The minimum atomic E-state index is -0.540. The summed E-state index contributed by atoms with van der Waals surface area (Å²) in [6.07, 6.45) is 5.21. The van der Waals surface area contributed by atoms with Crippen molar-refractivity contribution in [3.8, 4) is 0 Å². The van der Waals surface area contributed by atoms with Crippen LogP contribution in [0.3, 0.4) is 0 Å². The minimum absolute atomic E-state index is 0.516. The van der Waals surface area contributed by atoms with Gasteiger partial charge in [0.15, 0.2) is 0 Å². The number of hydrogen-bond acceptors (Lipinski definition) is 2. The number of nitrogens with zero attached hydrogens (tertiary/aromatic N) is 1. The quantitative estimate of drug-likeness (QED) is 0.723. The highest BCUT2D eigenvalue weighted by Gasteiger charge is 2.24. The van der Waals surface area contributed by atoms with Crippen LogP contribution < -0.4 is 0 Å². The van der Waals surface area contributed by atoms with Crippen molar-refractivity contribution >= 4 is 0 Å². The second-order valence-electron chi connectivity index (χ2n) is 4.91. The normalized spacial score (nSPS) is 23.2. The average molecular weight is 183 g/mol. The predicted octanol–water partition coefficient (Wildman–Crippen LogP) is 2.00. The van der Waals surface area contributed by atoms with Crippen LogP contribution in [0.2, 0.25) is 0 Å². The molecule has 2 nitrogen and oxygen atoms in total. The standard InChI is InChI=1S/C11H21NO/c1-9(2)12-6-5-10(8-12)7-11(3,4)13/h5-6,9-10,13H,7-8H2,1-4H3. The summed E-state index contributed by atoms with van der Waals surface area (Å²) in [6, 6.07) is 0.572. The third kappa shape index (κ3) is 3.39. The summed E-state index contributed by atoms with van der Waals surface area (Å²) in [7, 11) is 0. The highest BCUT2D eigenvalue weighted by Crippen LogP contribution is 2.23. The molecule has 0 radical (unpaired) electrons. The van der Waals surface area contributed by atoms with E-state index in [1.807, 2.05) is 13.8 Å². The Labute approximate surface area is 81.2 Å². The van der Waals surface area contributed by atoms with Gasteiger partial charge in [-0.3, -0.25) is 0 Å². The third-order valence-electron chi connectivity index (χ3n) is 2.42. The summed E-state index contributed by atoms with van der Waals surface area (Å²) >= 11 is 0. The monoisotopic (exact) mass is 183 g/mol. The lowest BCUT2D eigenvalue weighted by Crippen LogP contribution is -2.29. The van der Waals surface area contributed by atoms with E-state index >= 15 is 0 Å². The molecule has 0 aromatic heterocycles. The molecule has 1 heterocycles. The molecular formula is C11H21NO. The topological polar surface area (TPSA) is 23.5 Å². The summed E-state index contributed by atoms with van der Waals surface area (Å²) in [4.78, 5) is 2.32. The van der Waals surface area contributed by atoms with E-state index < -0.39 is 5.60 Å². The Balaban J connectivity index is 2.39. The Morgan fingerprint density at radius 2 is 2.15 bits per heavy atom. The summed E-state index contributed by atoms with van der Waals surface area (Å²) in [5.74, 6) is 0.516. The largest absolute Gasteiger partial charge is 0.390 e. The highest BCUT2D eigenvalue weighted by molar-refractivity contribution is 5.00. The molecule has 13 heavy (non-hydrogen) atoms. The molecule has 0 aliphatic carbocycles. The summed E-state index contributed by atoms with van der Waals surface area (Å²) in [5.41, 5.74) is -0.540. The van der Waals surface area contributed by atoms with Gasteiger partial charge in [-0.05, 0) is 46.2 Å². The molecule has 0 spiro atoms. The molecule has 0 saturated heterocycles. The fraction of sp³-hybridized carbons (Fsp3) is 0.818. The van der Waals surface area contributed by atoms with Crippen LogP contribution in [0, 0.1) is 5.92 Å². The van der Waals surface area contributed by atoms with Gasteiger partial charge in [0.25, 0.3) is 0 Å². The van der Waals surface area contributed by atoms with Crippen molar-refractivity contribution in [2.45, 2.75) is 45.8 Å². The van der Waals surface area contributed by atoms with Crippen LogP contribution in [-0.2, 0) is 0 Å². The van der Waals surface area contributed by atoms with Gasteiger partial charge in [-0.25, -0.2) is 0 Å². The van der Waals surface area contributed by atoms with Crippen LogP contribution in [0.4, 0.5) is 0 Å². The zero-order valence-electron chi connectivity index (χ0n) is 9.12. The Hall–Kier alpha value is -0.500. The number of aliphatic hydroxyl groups is 1. The number of rotatable bonds is 3. The van der Waals surface area contributed by atoms with Crippen LogP contribution in [0.15, 0.2) is 12.3 Å². The zero-order chi connectivity index (χ0) is 10.1. The SMILES string of the molecule is CC(C)N1C=CC(CC(C)(C)O)C1. The van der Waals surface area contributed by atoms with E-state index in [1.54, 1.807) is 0 Å². The fourth-order valence-electron chi connectivity index (χ4n) is 1.78. The van der Waals surface area contributed by atoms with Crippen molar-refractivity contribution in [2.24, 2.45) is 5.92 Å². The van der Waals surface area contributed by atoms with E-state index in [0.29, 0.717) is 12.0 Å². The third-order valence-corrected chi connectivity index (χ3v) is 2.42. The Morgan fingerprint density at radius 1 is 1.54 bits per heavy atom. The summed E-state index contributed by atoms with van der Waals surface area (Å²) < 4.78 is 0. The van der Waals surface area contributed by atoms with Gasteiger partial charge in [0.2, 0.25) is 0 Å². The van der Waals surface area contributed by atoms with Gasteiger partial charge in [0.1, 0.15) is 0 Å². The van der Waals surface area contributed by atoms with E-state index in [1.165, 1.54) is 0 Å². The first kappa shape index (κ1) is 10.6. The van der Waals surface area contributed by atoms with Gasteiger partial charge in [-0.1, -0.05) is 6.08 Å². The molecule has 1 N–H and O–H groups in total. The molecule has 0 aromatic rings. The molecule has 0 saturated carbocycles. The van der Waals surface area contributed by atoms with E-state index in [4.69, 9.17) is 0 Å². The number of hydrogen-bond donors (Lipinski definition) is 1. The van der Waals surface area contributed by atoms with Gasteiger partial charge in [-0.15, -0.1) is 0 Å². The van der Waals surface area contributed by atoms with Crippen LogP contribution >= 0.6 is 0 Å². The average Bonchev–Trinajstić information content (AvgIpc) is 2.31. The van der Waals surface area contributed by atoms with E-state index in [9.17, 15) is 5.11 Å². The molecule has 76 valence electrons. The predicted molar refractivity (Wildman–Crippen MR) is 55.4 cm³/mol. The lowest BCUT2D eigenvalue weighted by atomic mass is 9.94. The molecule has 0 amide bonds. The Bertz CT molecular complexity index is 191. The van der Waals surface area contributed by atoms with E-state index in [0.717, 1.165) is 13.0 Å². The van der Waals surface area contributed by atoms with Gasteiger partial charge in [0.05, 0.1) is 5.60 Å². The highest BCUT2D eigenvalue weighted by atomic mass is 16.3. The molecule has 1 atom stereocenters. The second-order valence-corrected chi connectivity index (χ2v) is 4.91. The minimum Gasteiger partial charge on any atom is -0.390 e. The van der Waals surface area contributed by atoms with Gasteiger partial charge in [0, 0.05) is 12.6 Å². The van der Waals surface area contributed by atoms with Crippen LogP contribution in [-0.4, -0.2) is 28.2 Å². The maximum atomic E-state index is 9.65. The first-order valence-electron chi connectivity index (χ1n) is 5.05. The smallest absolute Gasteiger partial charge is 0.0598 e. The molecular weight excluding hydrogens is 162 g/mol. The second kappa shape index (κ2) is 3.70. The van der Waals surface area contributed by atoms with Crippen molar-refractivity contribution < 1.29 is 5.11 Å². The Morgan fingerprint density at radius 3 is 2.54 bits per heavy atom. The Kier molecular flexibility index (Phi) is 3.01. The van der Waals surface area contributed by atoms with Crippen LogP contribution in [0.5, 0.6) is 0 Å². The lowest BCUT2D eigenvalue weighted by Gasteiger charge is -2.25. The van der Waals surface area contributed by atoms with Crippen LogP contribution in [0.1, 0.15) is 34.1 Å². The molecule has 1 aliphatic heterocycles. The van der Waals surface area contributed by atoms with E-state index in [-0.39, 0.29) is 0 Å². The molecule has 1 rings (SSSR count). The van der Waals surface area contributed by atoms with Crippen LogP contribution in [0.25, 0.3) is 0 Å². The van der Waals surface area contributed by atoms with Crippen molar-refractivity contribution in [1.82, 2.24) is 4.90 Å². The first-order valence-corrected chi connectivity index (χ1v) is 5.05. The zero-order valence-corrected chi connectivity index (χ0v) is 9.12. The molecule has 1 aliphatic rings.